The summed E-state index contributed by atoms with van der Waals surface area (Å²) >= 11 is 2.11. The zero-order chi connectivity index (χ0) is 19.7. The molecule has 2 aliphatic heterocycles. The minimum Gasteiger partial charge on any atom is -0.357 e. The average Bonchev–Trinajstić information content (AvgIpc) is 2.75. The molecule has 0 aromatic heterocycles. The molecule has 0 spiro atoms. The van der Waals surface area contributed by atoms with E-state index in [9.17, 15) is 0 Å². The Bertz CT molecular complexity index is 489. The van der Waals surface area contributed by atoms with Gasteiger partial charge in [0.25, 0.3) is 0 Å². The Hall–Kier alpha value is -0.720. The van der Waals surface area contributed by atoms with E-state index in [1.807, 2.05) is 6.08 Å². The van der Waals surface area contributed by atoms with Gasteiger partial charge in [0, 0.05) is 62.4 Å². The number of thioether (sulfide) groups is 1. The summed E-state index contributed by atoms with van der Waals surface area (Å²) in [6, 6.07) is 0.535. The fraction of sp³-hybridized carbons (Fsp3) is 0.864. The maximum Gasteiger partial charge on any atom is 0.191 e. The fourth-order valence-electron chi connectivity index (χ4n) is 5.00. The zero-order valence-corrected chi connectivity index (χ0v) is 18.7. The molecule has 0 radical (unpaired) electrons. The van der Waals surface area contributed by atoms with Crippen LogP contribution in [0.1, 0.15) is 51.9 Å². The van der Waals surface area contributed by atoms with Crippen LogP contribution in [0.4, 0.5) is 0 Å². The molecule has 0 aromatic carbocycles. The molecule has 1 aliphatic carbocycles. The monoisotopic (exact) mass is 407 g/mol. The van der Waals surface area contributed by atoms with E-state index in [-0.39, 0.29) is 0 Å². The Morgan fingerprint density at radius 2 is 1.86 bits per heavy atom. The Balaban J connectivity index is 1.60. The van der Waals surface area contributed by atoms with Gasteiger partial charge in [-0.1, -0.05) is 25.3 Å². The summed E-state index contributed by atoms with van der Waals surface area (Å²) in [5, 5.41) is 7.26. The van der Waals surface area contributed by atoms with Crippen molar-refractivity contribution in [1.29, 1.82) is 0 Å². The first-order chi connectivity index (χ1) is 13.8. The number of aliphatic imine (C=N–C) groups is 1. The van der Waals surface area contributed by atoms with E-state index in [0.29, 0.717) is 11.6 Å². The summed E-state index contributed by atoms with van der Waals surface area (Å²) < 4.78 is 0. The third kappa shape index (κ3) is 6.14. The Morgan fingerprint density at radius 1 is 1.14 bits per heavy atom. The topological polar surface area (TPSA) is 42.9 Å². The van der Waals surface area contributed by atoms with Crippen molar-refractivity contribution in [2.45, 2.75) is 63.5 Å². The van der Waals surface area contributed by atoms with Crippen molar-refractivity contribution in [3.05, 3.63) is 12.7 Å². The number of hydrogen-bond acceptors (Lipinski definition) is 4. The summed E-state index contributed by atoms with van der Waals surface area (Å²) in [6.45, 7) is 13.7. The summed E-state index contributed by atoms with van der Waals surface area (Å²) in [5.74, 6) is 3.60. The van der Waals surface area contributed by atoms with E-state index in [1.54, 1.807) is 0 Å². The molecule has 0 amide bonds. The average molecular weight is 408 g/mol. The molecule has 6 heteroatoms. The van der Waals surface area contributed by atoms with E-state index < -0.39 is 0 Å². The highest BCUT2D eigenvalue weighted by atomic mass is 32.2. The number of rotatable bonds is 7. The van der Waals surface area contributed by atoms with Crippen molar-refractivity contribution >= 4 is 17.7 Å². The normalized spacial score (nSPS) is 25.4. The minimum atomic E-state index is 0.301. The number of hydrogen-bond donors (Lipinski definition) is 2. The van der Waals surface area contributed by atoms with Crippen LogP contribution in [0, 0.1) is 0 Å². The van der Waals surface area contributed by atoms with Crippen LogP contribution in [-0.2, 0) is 0 Å². The standard InChI is InChI=1S/C22H41N5S/c1-3-12-26-13-8-20(9-14-26)25-21(23-4-2)24-19-22(10-6-5-7-11-22)27-15-17-28-18-16-27/h3,20H,1,4-19H2,2H3,(H2,23,24,25). The molecule has 0 unspecified atom stereocenters. The smallest absolute Gasteiger partial charge is 0.191 e. The number of guanidine groups is 1. The molecule has 1 saturated carbocycles. The zero-order valence-electron chi connectivity index (χ0n) is 17.9. The number of nitrogens with one attached hydrogen (secondary N) is 2. The lowest BCUT2D eigenvalue weighted by molar-refractivity contribution is 0.0671. The van der Waals surface area contributed by atoms with Crippen LogP contribution in [0.3, 0.4) is 0 Å². The molecular formula is C22H41N5S. The third-order valence-corrected chi connectivity index (χ3v) is 7.60. The lowest BCUT2D eigenvalue weighted by Gasteiger charge is -2.47. The van der Waals surface area contributed by atoms with Gasteiger partial charge in [0.05, 0.1) is 6.54 Å². The predicted octanol–water partition coefficient (Wildman–Crippen LogP) is 2.94. The quantitative estimate of drug-likeness (QED) is 0.386. The predicted molar refractivity (Wildman–Crippen MR) is 123 cm³/mol. The van der Waals surface area contributed by atoms with Gasteiger partial charge >= 0.3 is 0 Å². The highest BCUT2D eigenvalue weighted by molar-refractivity contribution is 7.99. The van der Waals surface area contributed by atoms with Crippen molar-refractivity contribution in [3.8, 4) is 0 Å². The summed E-state index contributed by atoms with van der Waals surface area (Å²) in [4.78, 5) is 10.4. The van der Waals surface area contributed by atoms with Gasteiger partial charge < -0.3 is 10.6 Å². The molecular weight excluding hydrogens is 366 g/mol. The number of likely N-dealkylation sites (tertiary alicyclic amines) is 1. The Morgan fingerprint density at radius 3 is 2.50 bits per heavy atom. The van der Waals surface area contributed by atoms with Crippen molar-refractivity contribution in [1.82, 2.24) is 20.4 Å². The van der Waals surface area contributed by atoms with Gasteiger partial charge in [-0.25, -0.2) is 0 Å². The van der Waals surface area contributed by atoms with Gasteiger partial charge in [-0.3, -0.25) is 14.8 Å². The first-order valence-corrected chi connectivity index (χ1v) is 12.6. The molecule has 5 nitrogen and oxygen atoms in total. The van der Waals surface area contributed by atoms with Crippen LogP contribution in [0.5, 0.6) is 0 Å². The Kier molecular flexibility index (Phi) is 9.00. The molecule has 28 heavy (non-hydrogen) atoms. The maximum absolute atomic E-state index is 5.15. The first-order valence-electron chi connectivity index (χ1n) is 11.5. The lowest BCUT2D eigenvalue weighted by Crippen LogP contribution is -2.56. The van der Waals surface area contributed by atoms with Gasteiger partial charge in [0.15, 0.2) is 5.96 Å². The highest BCUT2D eigenvalue weighted by Crippen LogP contribution is 2.35. The van der Waals surface area contributed by atoms with Crippen LogP contribution in [-0.4, -0.2) is 84.7 Å². The molecule has 2 N–H and O–H groups in total. The van der Waals surface area contributed by atoms with Crippen molar-refractivity contribution in [2.24, 2.45) is 4.99 Å². The summed E-state index contributed by atoms with van der Waals surface area (Å²) in [7, 11) is 0. The van der Waals surface area contributed by atoms with E-state index in [0.717, 1.165) is 38.7 Å². The SMILES string of the molecule is C=CCN1CCC(NC(=NCC2(N3CCSCC3)CCCCC2)NCC)CC1. The van der Waals surface area contributed by atoms with Gasteiger partial charge in [-0.2, -0.15) is 11.8 Å². The minimum absolute atomic E-state index is 0.301. The second kappa shape index (κ2) is 11.5. The van der Waals surface area contributed by atoms with Gasteiger partial charge in [0.1, 0.15) is 0 Å². The molecule has 160 valence electrons. The van der Waals surface area contributed by atoms with E-state index >= 15 is 0 Å². The number of piperidine rings is 1. The Labute approximate surface area is 176 Å². The third-order valence-electron chi connectivity index (χ3n) is 6.66. The van der Waals surface area contributed by atoms with Gasteiger partial charge in [-0.15, -0.1) is 6.58 Å². The molecule has 0 bridgehead atoms. The molecule has 3 rings (SSSR count). The van der Waals surface area contributed by atoms with Crippen molar-refractivity contribution < 1.29 is 0 Å². The van der Waals surface area contributed by atoms with E-state index in [4.69, 9.17) is 4.99 Å². The highest BCUT2D eigenvalue weighted by Gasteiger charge is 2.38. The van der Waals surface area contributed by atoms with E-state index in [1.165, 1.54) is 69.5 Å². The van der Waals surface area contributed by atoms with Crippen LogP contribution >= 0.6 is 11.8 Å². The second-order valence-corrected chi connectivity index (χ2v) is 9.81. The van der Waals surface area contributed by atoms with Gasteiger partial charge in [0.2, 0.25) is 0 Å². The first kappa shape index (κ1) is 22.0. The second-order valence-electron chi connectivity index (χ2n) is 8.59. The van der Waals surface area contributed by atoms with Crippen LogP contribution in [0.15, 0.2) is 17.6 Å². The van der Waals surface area contributed by atoms with Crippen molar-refractivity contribution in [2.75, 3.05) is 57.3 Å². The molecule has 2 heterocycles. The molecule has 0 aromatic rings. The van der Waals surface area contributed by atoms with Crippen LogP contribution in [0.2, 0.25) is 0 Å². The molecule has 2 saturated heterocycles. The summed E-state index contributed by atoms with van der Waals surface area (Å²) in [6.07, 6.45) is 11.2. The molecule has 0 atom stereocenters. The van der Waals surface area contributed by atoms with Gasteiger partial charge in [-0.05, 0) is 32.6 Å². The lowest BCUT2D eigenvalue weighted by atomic mass is 9.80. The fourth-order valence-corrected chi connectivity index (χ4v) is 5.91. The number of nitrogens with zero attached hydrogens (tertiary/aromatic N) is 3. The largest absolute Gasteiger partial charge is 0.357 e. The van der Waals surface area contributed by atoms with Crippen LogP contribution < -0.4 is 10.6 Å². The van der Waals surface area contributed by atoms with Crippen molar-refractivity contribution in [3.63, 3.8) is 0 Å². The molecule has 3 aliphatic rings. The maximum atomic E-state index is 5.15. The molecule has 3 fully saturated rings. The van der Waals surface area contributed by atoms with Crippen LogP contribution in [0.25, 0.3) is 0 Å². The van der Waals surface area contributed by atoms with E-state index in [2.05, 4.69) is 45.7 Å². The summed E-state index contributed by atoms with van der Waals surface area (Å²) in [5.41, 5.74) is 0.301.